The highest BCUT2D eigenvalue weighted by atomic mass is 16.1. The predicted octanol–water partition coefficient (Wildman–Crippen LogP) is 4.37. The van der Waals surface area contributed by atoms with E-state index in [2.05, 4.69) is 13.8 Å². The van der Waals surface area contributed by atoms with Gasteiger partial charge in [0.15, 0.2) is 0 Å². The van der Waals surface area contributed by atoms with Crippen molar-refractivity contribution in [1.29, 1.82) is 0 Å². The number of ketones is 2. The van der Waals surface area contributed by atoms with Crippen molar-refractivity contribution in [2.45, 2.75) is 78.1 Å². The maximum Gasteiger partial charge on any atom is 0.139 e. The Hall–Kier alpha value is -0.990. The van der Waals surface area contributed by atoms with E-state index < -0.39 is 0 Å². The number of hydrogen-bond acceptors (Lipinski definition) is 3. The maximum atomic E-state index is 13.1. The second-order valence-electron chi connectivity index (χ2n) is 9.91. The van der Waals surface area contributed by atoms with E-state index >= 15 is 0 Å². The van der Waals surface area contributed by atoms with Gasteiger partial charge in [-0.3, -0.25) is 9.59 Å². The van der Waals surface area contributed by atoms with Gasteiger partial charge in [-0.1, -0.05) is 13.8 Å². The van der Waals surface area contributed by atoms with Crippen LogP contribution in [-0.4, -0.2) is 17.9 Å². The molecule has 3 heteroatoms. The summed E-state index contributed by atoms with van der Waals surface area (Å²) in [7, 11) is 0. The largest absolute Gasteiger partial charge is 0.303 e. The minimum atomic E-state index is -0.147. The van der Waals surface area contributed by atoms with Gasteiger partial charge in [-0.25, -0.2) is 0 Å². The van der Waals surface area contributed by atoms with Crippen molar-refractivity contribution in [3.8, 4) is 0 Å². The first kappa shape index (κ1) is 17.4. The molecule has 7 atom stereocenters. The summed E-state index contributed by atoms with van der Waals surface area (Å²) in [5, 5.41) is 0. The Labute approximate surface area is 151 Å². The molecule has 7 unspecified atom stereocenters. The van der Waals surface area contributed by atoms with Gasteiger partial charge >= 0.3 is 0 Å². The molecule has 0 radical (unpaired) electrons. The minimum Gasteiger partial charge on any atom is -0.303 e. The molecule has 4 rings (SSSR count). The Kier molecular flexibility index (Phi) is 4.20. The highest BCUT2D eigenvalue weighted by Crippen LogP contribution is 2.65. The zero-order valence-corrected chi connectivity index (χ0v) is 15.8. The van der Waals surface area contributed by atoms with Crippen LogP contribution in [0.15, 0.2) is 0 Å². The highest BCUT2D eigenvalue weighted by Gasteiger charge is 2.62. The number of hydrogen-bond donors (Lipinski definition) is 0. The van der Waals surface area contributed by atoms with Crippen LogP contribution in [0.3, 0.4) is 0 Å². The SMILES string of the molecule is CC12CCC3C(CC(=O)C4CC(CCC=O)CCC43C)C1CCC2=O. The van der Waals surface area contributed by atoms with Gasteiger partial charge in [0.1, 0.15) is 17.9 Å². The first-order valence-electron chi connectivity index (χ1n) is 10.4. The smallest absolute Gasteiger partial charge is 0.139 e. The van der Waals surface area contributed by atoms with Crippen LogP contribution in [0.4, 0.5) is 0 Å². The molecule has 0 heterocycles. The van der Waals surface area contributed by atoms with Crippen LogP contribution in [0.1, 0.15) is 78.1 Å². The third-order valence-corrected chi connectivity index (χ3v) is 8.97. The molecule has 4 saturated carbocycles. The van der Waals surface area contributed by atoms with Crippen LogP contribution < -0.4 is 0 Å². The minimum absolute atomic E-state index is 0.130. The van der Waals surface area contributed by atoms with E-state index in [4.69, 9.17) is 0 Å². The Morgan fingerprint density at radius 1 is 1.08 bits per heavy atom. The van der Waals surface area contributed by atoms with Gasteiger partial charge in [0.05, 0.1) is 0 Å². The molecule has 0 saturated heterocycles. The van der Waals surface area contributed by atoms with Gasteiger partial charge in [-0.2, -0.15) is 0 Å². The fourth-order valence-corrected chi connectivity index (χ4v) is 7.46. The van der Waals surface area contributed by atoms with Gasteiger partial charge in [-0.15, -0.1) is 0 Å². The van der Waals surface area contributed by atoms with E-state index in [1.54, 1.807) is 0 Å². The summed E-state index contributed by atoms with van der Waals surface area (Å²) >= 11 is 0. The van der Waals surface area contributed by atoms with Crippen LogP contribution in [-0.2, 0) is 14.4 Å². The van der Waals surface area contributed by atoms with E-state index in [9.17, 15) is 14.4 Å². The fraction of sp³-hybridized carbons (Fsp3) is 0.864. The summed E-state index contributed by atoms with van der Waals surface area (Å²) in [6, 6.07) is 0. The summed E-state index contributed by atoms with van der Waals surface area (Å²) < 4.78 is 0. The van der Waals surface area contributed by atoms with Gasteiger partial charge in [0.25, 0.3) is 0 Å². The highest BCUT2D eigenvalue weighted by molar-refractivity contribution is 5.88. The summed E-state index contributed by atoms with van der Waals surface area (Å²) in [4.78, 5) is 36.3. The van der Waals surface area contributed by atoms with E-state index in [1.165, 1.54) is 0 Å². The van der Waals surface area contributed by atoms with Crippen molar-refractivity contribution in [3.05, 3.63) is 0 Å². The molecule has 0 aromatic carbocycles. The third-order valence-electron chi connectivity index (χ3n) is 8.97. The normalized spacial score (nSPS) is 49.3. The lowest BCUT2D eigenvalue weighted by molar-refractivity contribution is -0.158. The molecule has 0 amide bonds. The summed E-state index contributed by atoms with van der Waals surface area (Å²) in [5.41, 5.74) is -0.0174. The molecular formula is C22H32O3. The van der Waals surface area contributed by atoms with Crippen LogP contribution in [0.2, 0.25) is 0 Å². The second kappa shape index (κ2) is 6.03. The van der Waals surface area contributed by atoms with Gasteiger partial charge < -0.3 is 4.79 Å². The number of Topliss-reactive ketones (excluding diaryl/α,β-unsaturated/α-hetero) is 2. The summed E-state index contributed by atoms with van der Waals surface area (Å²) in [5.74, 6) is 3.15. The van der Waals surface area contributed by atoms with Gasteiger partial charge in [0, 0.05) is 30.6 Å². The van der Waals surface area contributed by atoms with E-state index in [1.807, 2.05) is 0 Å². The lowest BCUT2D eigenvalue weighted by Crippen LogP contribution is -2.56. The first-order valence-corrected chi connectivity index (χ1v) is 10.4. The molecule has 0 aromatic rings. The lowest BCUT2D eigenvalue weighted by atomic mass is 9.44. The van der Waals surface area contributed by atoms with Crippen molar-refractivity contribution >= 4 is 17.9 Å². The molecule has 4 aliphatic rings. The zero-order valence-electron chi connectivity index (χ0n) is 15.8. The number of carbonyl (C=O) groups excluding carboxylic acids is 3. The van der Waals surface area contributed by atoms with Gasteiger partial charge in [0.2, 0.25) is 0 Å². The van der Waals surface area contributed by atoms with Crippen LogP contribution in [0.25, 0.3) is 0 Å². The van der Waals surface area contributed by atoms with E-state index in [-0.39, 0.29) is 16.7 Å². The van der Waals surface area contributed by atoms with Crippen molar-refractivity contribution < 1.29 is 14.4 Å². The van der Waals surface area contributed by atoms with Crippen molar-refractivity contribution in [1.82, 2.24) is 0 Å². The maximum absolute atomic E-state index is 13.1. The van der Waals surface area contributed by atoms with Gasteiger partial charge in [-0.05, 0) is 74.0 Å². The molecule has 4 aliphatic carbocycles. The Balaban J connectivity index is 1.58. The quantitative estimate of drug-likeness (QED) is 0.714. The lowest BCUT2D eigenvalue weighted by Gasteiger charge is -2.59. The Bertz CT molecular complexity index is 596. The predicted molar refractivity (Wildman–Crippen MR) is 95.9 cm³/mol. The van der Waals surface area contributed by atoms with Crippen molar-refractivity contribution in [2.75, 3.05) is 0 Å². The topological polar surface area (TPSA) is 51.2 Å². The van der Waals surface area contributed by atoms with Crippen LogP contribution >= 0.6 is 0 Å². The monoisotopic (exact) mass is 344 g/mol. The molecule has 0 aliphatic heterocycles. The molecule has 0 N–H and O–H groups in total. The Morgan fingerprint density at radius 3 is 2.64 bits per heavy atom. The average molecular weight is 344 g/mol. The fourth-order valence-electron chi connectivity index (χ4n) is 7.46. The second-order valence-corrected chi connectivity index (χ2v) is 9.91. The Morgan fingerprint density at radius 2 is 1.88 bits per heavy atom. The molecule has 138 valence electrons. The molecule has 4 fully saturated rings. The van der Waals surface area contributed by atoms with E-state index in [0.717, 1.165) is 57.7 Å². The number of rotatable bonds is 3. The third kappa shape index (κ3) is 2.48. The van der Waals surface area contributed by atoms with E-state index in [0.29, 0.717) is 48.1 Å². The molecule has 0 spiro atoms. The van der Waals surface area contributed by atoms with Crippen LogP contribution in [0, 0.1) is 40.4 Å². The average Bonchev–Trinajstić information content (AvgIpc) is 2.89. The molecule has 0 bridgehead atoms. The molecule has 25 heavy (non-hydrogen) atoms. The summed E-state index contributed by atoms with van der Waals surface area (Å²) in [6.45, 7) is 4.56. The number of carbonyl (C=O) groups is 3. The van der Waals surface area contributed by atoms with Crippen molar-refractivity contribution in [3.63, 3.8) is 0 Å². The molecular weight excluding hydrogens is 312 g/mol. The zero-order chi connectivity index (χ0) is 17.8. The summed E-state index contributed by atoms with van der Waals surface area (Å²) in [6.07, 6.45) is 10.5. The first-order chi connectivity index (χ1) is 11.9. The number of fused-ring (bicyclic) bond motifs is 5. The van der Waals surface area contributed by atoms with Crippen LogP contribution in [0.5, 0.6) is 0 Å². The standard InChI is InChI=1S/C22H32O3/c1-21-9-7-14(4-3-11-23)12-18(21)19(24)13-15-16-5-6-20(25)22(16,2)10-8-17(15)21/h11,14-18H,3-10,12-13H2,1-2H3. The molecule has 3 nitrogen and oxygen atoms in total. The van der Waals surface area contributed by atoms with Crippen molar-refractivity contribution in [2.24, 2.45) is 40.4 Å². The number of aldehydes is 1. The molecule has 0 aromatic heterocycles.